The Labute approximate surface area is 163 Å². The molecule has 0 unspecified atom stereocenters. The van der Waals surface area contributed by atoms with Gasteiger partial charge in [0, 0.05) is 18.3 Å². The van der Waals surface area contributed by atoms with E-state index < -0.39 is 21.7 Å². The van der Waals surface area contributed by atoms with Crippen LogP contribution in [0.3, 0.4) is 0 Å². The van der Waals surface area contributed by atoms with E-state index in [0.29, 0.717) is 5.69 Å². The molecule has 3 aromatic carbocycles. The normalized spacial score (nSPS) is 11.1. The number of para-hydroxylation sites is 1. The zero-order chi connectivity index (χ0) is 20.3. The molecule has 0 saturated carbocycles. The van der Waals surface area contributed by atoms with E-state index in [0.717, 1.165) is 9.87 Å². The predicted octanol–water partition coefficient (Wildman–Crippen LogP) is 4.21. The standard InChI is InChI=1S/C21H19FN2O3S/c1-15-10-12-17(13-11-15)23-21(25)16-6-5-7-18(14-16)28(26,27)24(2)20-9-4-3-8-19(20)22/h3-14H,1-2H3,(H,23,25). The number of nitrogens with one attached hydrogen (secondary N) is 1. The SMILES string of the molecule is Cc1ccc(NC(=O)c2cccc(S(=O)(=O)N(C)c3ccccc3F)c2)cc1. The fourth-order valence-corrected chi connectivity index (χ4v) is 3.88. The van der Waals surface area contributed by atoms with Crippen LogP contribution < -0.4 is 9.62 Å². The van der Waals surface area contributed by atoms with Gasteiger partial charge in [0.15, 0.2) is 0 Å². The summed E-state index contributed by atoms with van der Waals surface area (Å²) >= 11 is 0. The van der Waals surface area contributed by atoms with Crippen LogP contribution >= 0.6 is 0 Å². The number of benzene rings is 3. The first kappa shape index (κ1) is 19.6. The first-order valence-corrected chi connectivity index (χ1v) is 9.94. The van der Waals surface area contributed by atoms with Crippen LogP contribution in [0.15, 0.2) is 77.7 Å². The number of hydrogen-bond donors (Lipinski definition) is 1. The van der Waals surface area contributed by atoms with E-state index in [9.17, 15) is 17.6 Å². The molecule has 1 amide bonds. The number of carbonyl (C=O) groups excluding carboxylic acids is 1. The van der Waals surface area contributed by atoms with Gasteiger partial charge in [0.2, 0.25) is 0 Å². The largest absolute Gasteiger partial charge is 0.322 e. The van der Waals surface area contributed by atoms with Gasteiger partial charge in [-0.25, -0.2) is 12.8 Å². The van der Waals surface area contributed by atoms with Crippen LogP contribution in [-0.4, -0.2) is 21.4 Å². The van der Waals surface area contributed by atoms with Gasteiger partial charge >= 0.3 is 0 Å². The van der Waals surface area contributed by atoms with Crippen LogP contribution in [0.4, 0.5) is 15.8 Å². The number of rotatable bonds is 5. The second kappa shape index (κ2) is 7.82. The van der Waals surface area contributed by atoms with Crippen molar-refractivity contribution in [2.24, 2.45) is 0 Å². The van der Waals surface area contributed by atoms with Crippen molar-refractivity contribution < 1.29 is 17.6 Å². The van der Waals surface area contributed by atoms with E-state index in [1.54, 1.807) is 18.2 Å². The van der Waals surface area contributed by atoms with Crippen LogP contribution in [0.5, 0.6) is 0 Å². The van der Waals surface area contributed by atoms with Crippen LogP contribution in [0.1, 0.15) is 15.9 Å². The Morgan fingerprint density at radius 1 is 0.964 bits per heavy atom. The van der Waals surface area contributed by atoms with Crippen molar-refractivity contribution in [3.05, 3.63) is 89.7 Å². The third kappa shape index (κ3) is 4.04. The van der Waals surface area contributed by atoms with E-state index in [1.165, 1.54) is 49.5 Å². The predicted molar refractivity (Wildman–Crippen MR) is 108 cm³/mol. The molecule has 0 aliphatic heterocycles. The Balaban J connectivity index is 1.88. The topological polar surface area (TPSA) is 66.5 Å². The molecule has 0 saturated heterocycles. The average Bonchev–Trinajstić information content (AvgIpc) is 2.69. The van der Waals surface area contributed by atoms with Gasteiger partial charge in [-0.15, -0.1) is 0 Å². The number of carbonyl (C=O) groups is 1. The highest BCUT2D eigenvalue weighted by atomic mass is 32.2. The molecule has 28 heavy (non-hydrogen) atoms. The minimum atomic E-state index is -4.04. The van der Waals surface area contributed by atoms with Gasteiger partial charge in [-0.05, 0) is 49.4 Å². The zero-order valence-corrected chi connectivity index (χ0v) is 16.2. The molecule has 7 heteroatoms. The summed E-state index contributed by atoms with van der Waals surface area (Å²) in [5.41, 5.74) is 1.77. The maximum atomic E-state index is 14.0. The number of amides is 1. The Hall–Kier alpha value is -3.19. The Morgan fingerprint density at radius 2 is 1.64 bits per heavy atom. The van der Waals surface area contributed by atoms with Crippen molar-refractivity contribution in [2.75, 3.05) is 16.7 Å². The van der Waals surface area contributed by atoms with Gasteiger partial charge < -0.3 is 5.32 Å². The van der Waals surface area contributed by atoms with Crippen molar-refractivity contribution in [1.82, 2.24) is 0 Å². The van der Waals surface area contributed by atoms with Gasteiger partial charge in [0.25, 0.3) is 15.9 Å². The molecule has 0 aliphatic rings. The van der Waals surface area contributed by atoms with Gasteiger partial charge in [-0.2, -0.15) is 0 Å². The molecular formula is C21H19FN2O3S. The van der Waals surface area contributed by atoms with Crippen molar-refractivity contribution in [2.45, 2.75) is 11.8 Å². The summed E-state index contributed by atoms with van der Waals surface area (Å²) in [4.78, 5) is 12.4. The summed E-state index contributed by atoms with van der Waals surface area (Å²) in [6, 6.07) is 18.5. The summed E-state index contributed by atoms with van der Waals surface area (Å²) < 4.78 is 40.6. The number of sulfonamides is 1. The van der Waals surface area contributed by atoms with Crippen LogP contribution in [0.2, 0.25) is 0 Å². The Morgan fingerprint density at radius 3 is 2.32 bits per heavy atom. The molecule has 0 radical (unpaired) electrons. The molecule has 3 rings (SSSR count). The Bertz CT molecular complexity index is 1110. The fraction of sp³-hybridized carbons (Fsp3) is 0.0952. The maximum absolute atomic E-state index is 14.0. The second-order valence-electron chi connectivity index (χ2n) is 6.27. The molecule has 144 valence electrons. The first-order chi connectivity index (χ1) is 13.3. The summed E-state index contributed by atoms with van der Waals surface area (Å²) in [6.45, 7) is 1.94. The smallest absolute Gasteiger partial charge is 0.264 e. The summed E-state index contributed by atoms with van der Waals surface area (Å²) in [5.74, 6) is -1.09. The van der Waals surface area contributed by atoms with E-state index in [2.05, 4.69) is 5.32 Å². The van der Waals surface area contributed by atoms with E-state index in [-0.39, 0.29) is 16.1 Å². The van der Waals surface area contributed by atoms with Gasteiger partial charge in [0.1, 0.15) is 5.82 Å². The lowest BCUT2D eigenvalue weighted by molar-refractivity contribution is 0.102. The van der Waals surface area contributed by atoms with Gasteiger partial charge in [-0.3, -0.25) is 9.10 Å². The summed E-state index contributed by atoms with van der Waals surface area (Å²) in [7, 11) is -2.77. The molecule has 0 atom stereocenters. The molecule has 0 spiro atoms. The van der Waals surface area contributed by atoms with Crippen molar-refractivity contribution in [3.63, 3.8) is 0 Å². The van der Waals surface area contributed by atoms with E-state index >= 15 is 0 Å². The minimum Gasteiger partial charge on any atom is -0.322 e. The molecule has 0 bridgehead atoms. The summed E-state index contributed by atoms with van der Waals surface area (Å²) in [5, 5.41) is 2.73. The molecular weight excluding hydrogens is 379 g/mol. The summed E-state index contributed by atoms with van der Waals surface area (Å²) in [6.07, 6.45) is 0. The molecule has 1 N–H and O–H groups in total. The number of nitrogens with zero attached hydrogens (tertiary/aromatic N) is 1. The average molecular weight is 398 g/mol. The molecule has 3 aromatic rings. The minimum absolute atomic E-state index is 0.0722. The molecule has 0 aliphatic carbocycles. The quantitative estimate of drug-likeness (QED) is 0.700. The highest BCUT2D eigenvalue weighted by Gasteiger charge is 2.24. The van der Waals surface area contributed by atoms with E-state index in [4.69, 9.17) is 0 Å². The zero-order valence-electron chi connectivity index (χ0n) is 15.4. The highest BCUT2D eigenvalue weighted by Crippen LogP contribution is 2.25. The van der Waals surface area contributed by atoms with Gasteiger partial charge in [0.05, 0.1) is 10.6 Å². The third-order valence-electron chi connectivity index (χ3n) is 4.26. The number of hydrogen-bond acceptors (Lipinski definition) is 3. The number of aryl methyl sites for hydroxylation is 1. The van der Waals surface area contributed by atoms with E-state index in [1.807, 2.05) is 19.1 Å². The van der Waals surface area contributed by atoms with Crippen molar-refractivity contribution in [3.8, 4) is 0 Å². The molecule has 0 aromatic heterocycles. The lowest BCUT2D eigenvalue weighted by Gasteiger charge is -2.20. The van der Waals surface area contributed by atoms with Crippen molar-refractivity contribution >= 4 is 27.3 Å². The fourth-order valence-electron chi connectivity index (χ4n) is 2.63. The van der Waals surface area contributed by atoms with Crippen LogP contribution in [0, 0.1) is 12.7 Å². The van der Waals surface area contributed by atoms with Crippen LogP contribution in [-0.2, 0) is 10.0 Å². The molecule has 0 fully saturated rings. The lowest BCUT2D eigenvalue weighted by Crippen LogP contribution is -2.27. The van der Waals surface area contributed by atoms with Crippen LogP contribution in [0.25, 0.3) is 0 Å². The Kier molecular flexibility index (Phi) is 5.46. The number of halogens is 1. The van der Waals surface area contributed by atoms with Gasteiger partial charge in [-0.1, -0.05) is 35.9 Å². The molecule has 0 heterocycles. The van der Waals surface area contributed by atoms with Crippen molar-refractivity contribution in [1.29, 1.82) is 0 Å². The third-order valence-corrected chi connectivity index (χ3v) is 6.02. The highest BCUT2D eigenvalue weighted by molar-refractivity contribution is 7.92. The monoisotopic (exact) mass is 398 g/mol. The number of anilines is 2. The lowest BCUT2D eigenvalue weighted by atomic mass is 10.2. The second-order valence-corrected chi connectivity index (χ2v) is 8.24. The first-order valence-electron chi connectivity index (χ1n) is 8.50. The maximum Gasteiger partial charge on any atom is 0.264 e. The molecule has 5 nitrogen and oxygen atoms in total.